The number of amides is 1. The third-order valence-corrected chi connectivity index (χ3v) is 2.43. The highest BCUT2D eigenvalue weighted by molar-refractivity contribution is 5.92. The molecule has 7 nitrogen and oxygen atoms in total. The Labute approximate surface area is 103 Å². The molecule has 1 heterocycles. The average Bonchev–Trinajstić information content (AvgIpc) is 2.27. The summed E-state index contributed by atoms with van der Waals surface area (Å²) in [7, 11) is 0. The molecule has 0 unspecified atom stereocenters. The molecular formula is C11H17N3O4. The first-order valence-corrected chi connectivity index (χ1v) is 5.71. The van der Waals surface area contributed by atoms with E-state index < -0.39 is 17.2 Å². The fourth-order valence-corrected chi connectivity index (χ4v) is 1.57. The van der Waals surface area contributed by atoms with Crippen molar-refractivity contribution in [2.75, 3.05) is 13.2 Å². The van der Waals surface area contributed by atoms with Crippen LogP contribution in [-0.2, 0) is 0 Å². The van der Waals surface area contributed by atoms with E-state index in [1.54, 1.807) is 0 Å². The summed E-state index contributed by atoms with van der Waals surface area (Å²) in [6, 6.07) is 0.963. The molecule has 0 spiro atoms. The van der Waals surface area contributed by atoms with E-state index in [1.807, 2.05) is 18.8 Å². The molecular weight excluding hydrogens is 238 g/mol. The van der Waals surface area contributed by atoms with Crippen molar-refractivity contribution in [3.05, 3.63) is 32.6 Å². The number of aliphatic hydroxyl groups excluding tert-OH is 1. The van der Waals surface area contributed by atoms with Gasteiger partial charge >= 0.3 is 5.69 Å². The Kier molecular flexibility index (Phi) is 4.85. The van der Waals surface area contributed by atoms with E-state index in [2.05, 4.69) is 4.98 Å². The summed E-state index contributed by atoms with van der Waals surface area (Å²) >= 11 is 0. The van der Waals surface area contributed by atoms with Crippen molar-refractivity contribution in [3.8, 4) is 0 Å². The van der Waals surface area contributed by atoms with Crippen LogP contribution in [0.3, 0.4) is 0 Å². The summed E-state index contributed by atoms with van der Waals surface area (Å²) < 4.78 is 0. The van der Waals surface area contributed by atoms with Gasteiger partial charge in [0.15, 0.2) is 0 Å². The van der Waals surface area contributed by atoms with E-state index in [1.165, 1.54) is 4.90 Å². The minimum atomic E-state index is -0.711. The van der Waals surface area contributed by atoms with Gasteiger partial charge in [-0.25, -0.2) is 4.79 Å². The number of hydrogen-bond donors (Lipinski definition) is 3. The monoisotopic (exact) mass is 255 g/mol. The quantitative estimate of drug-likeness (QED) is 0.646. The minimum absolute atomic E-state index is 0.0254. The topological polar surface area (TPSA) is 106 Å². The lowest BCUT2D eigenvalue weighted by molar-refractivity contribution is 0.0686. The third-order valence-electron chi connectivity index (χ3n) is 2.43. The molecule has 1 amide bonds. The van der Waals surface area contributed by atoms with Crippen LogP contribution in [0, 0.1) is 0 Å². The third kappa shape index (κ3) is 3.56. The molecule has 7 heteroatoms. The molecule has 0 saturated carbocycles. The lowest BCUT2D eigenvalue weighted by Gasteiger charge is -2.26. The van der Waals surface area contributed by atoms with Crippen molar-refractivity contribution < 1.29 is 9.90 Å². The number of hydrogen-bond acceptors (Lipinski definition) is 4. The lowest BCUT2D eigenvalue weighted by atomic mass is 10.2. The van der Waals surface area contributed by atoms with Crippen LogP contribution in [-0.4, -0.2) is 45.1 Å². The average molecular weight is 255 g/mol. The fourth-order valence-electron chi connectivity index (χ4n) is 1.57. The maximum atomic E-state index is 12.1. The van der Waals surface area contributed by atoms with Crippen LogP contribution in [0.1, 0.15) is 30.8 Å². The molecule has 3 N–H and O–H groups in total. The smallest absolute Gasteiger partial charge is 0.326 e. The SMILES string of the molecule is CC(C)N(CCCO)C(=O)c1cc(=O)[nH]c(=O)[nH]1. The number of H-pyrrole nitrogens is 2. The number of nitrogens with one attached hydrogen (secondary N) is 2. The van der Waals surface area contributed by atoms with Crippen LogP contribution in [0.2, 0.25) is 0 Å². The van der Waals surface area contributed by atoms with E-state index in [-0.39, 0.29) is 18.3 Å². The largest absolute Gasteiger partial charge is 0.396 e. The van der Waals surface area contributed by atoms with Crippen molar-refractivity contribution in [2.45, 2.75) is 26.3 Å². The molecule has 0 aliphatic rings. The molecule has 0 bridgehead atoms. The molecule has 1 aromatic rings. The Hall–Kier alpha value is -1.89. The predicted molar refractivity (Wildman–Crippen MR) is 65.6 cm³/mol. The Bertz CT molecular complexity index is 489. The van der Waals surface area contributed by atoms with Gasteiger partial charge in [0.05, 0.1) is 0 Å². The van der Waals surface area contributed by atoms with Gasteiger partial charge in [0, 0.05) is 25.3 Å². The zero-order chi connectivity index (χ0) is 13.7. The highest BCUT2D eigenvalue weighted by Crippen LogP contribution is 2.05. The van der Waals surface area contributed by atoms with Crippen LogP contribution in [0.25, 0.3) is 0 Å². The summed E-state index contributed by atoms with van der Waals surface area (Å²) in [4.78, 5) is 40.1. The lowest BCUT2D eigenvalue weighted by Crippen LogP contribution is -2.40. The Balaban J connectivity index is 3.01. The second kappa shape index (κ2) is 6.15. The summed E-state index contributed by atoms with van der Waals surface area (Å²) in [5.41, 5.74) is -1.37. The number of aliphatic hydroxyl groups is 1. The number of aromatic amines is 2. The van der Waals surface area contributed by atoms with Crippen LogP contribution < -0.4 is 11.2 Å². The fraction of sp³-hybridized carbons (Fsp3) is 0.545. The molecule has 0 aromatic carbocycles. The first-order chi connectivity index (χ1) is 8.45. The molecule has 0 saturated heterocycles. The van der Waals surface area contributed by atoms with Gasteiger partial charge in [0.25, 0.3) is 11.5 Å². The molecule has 0 radical (unpaired) electrons. The van der Waals surface area contributed by atoms with Gasteiger partial charge in [-0.15, -0.1) is 0 Å². The van der Waals surface area contributed by atoms with Crippen molar-refractivity contribution in [3.63, 3.8) is 0 Å². The zero-order valence-electron chi connectivity index (χ0n) is 10.4. The number of nitrogens with zero attached hydrogens (tertiary/aromatic N) is 1. The Morgan fingerprint density at radius 3 is 2.56 bits per heavy atom. The van der Waals surface area contributed by atoms with E-state index in [9.17, 15) is 14.4 Å². The number of carbonyl (C=O) groups excluding carboxylic acids is 1. The number of carbonyl (C=O) groups is 1. The highest BCUT2D eigenvalue weighted by atomic mass is 16.3. The van der Waals surface area contributed by atoms with Crippen LogP contribution in [0.15, 0.2) is 15.7 Å². The molecule has 0 aliphatic carbocycles. The van der Waals surface area contributed by atoms with Gasteiger partial charge in [-0.1, -0.05) is 0 Å². The summed E-state index contributed by atoms with van der Waals surface area (Å²) in [5.74, 6) is -0.429. The number of rotatable bonds is 5. The van der Waals surface area contributed by atoms with Crippen molar-refractivity contribution >= 4 is 5.91 Å². The normalized spacial score (nSPS) is 10.7. The van der Waals surface area contributed by atoms with E-state index >= 15 is 0 Å². The van der Waals surface area contributed by atoms with Gasteiger partial charge in [0.1, 0.15) is 5.69 Å². The van der Waals surface area contributed by atoms with Crippen molar-refractivity contribution in [1.29, 1.82) is 0 Å². The molecule has 1 aromatic heterocycles. The molecule has 1 rings (SSSR count). The van der Waals surface area contributed by atoms with Gasteiger partial charge in [-0.05, 0) is 20.3 Å². The molecule has 18 heavy (non-hydrogen) atoms. The summed E-state index contributed by atoms with van der Waals surface area (Å²) in [5, 5.41) is 8.79. The second-order valence-corrected chi connectivity index (χ2v) is 4.17. The Morgan fingerprint density at radius 1 is 1.39 bits per heavy atom. The maximum absolute atomic E-state index is 12.1. The predicted octanol–water partition coefficient (Wildman–Crippen LogP) is -0.704. The molecule has 0 fully saturated rings. The van der Waals surface area contributed by atoms with Gasteiger partial charge in [-0.2, -0.15) is 0 Å². The van der Waals surface area contributed by atoms with Crippen molar-refractivity contribution in [1.82, 2.24) is 14.9 Å². The summed E-state index contributed by atoms with van der Waals surface area (Å²) in [6.07, 6.45) is 0.442. The minimum Gasteiger partial charge on any atom is -0.396 e. The van der Waals surface area contributed by atoms with Crippen molar-refractivity contribution in [2.24, 2.45) is 0 Å². The van der Waals surface area contributed by atoms with Gasteiger partial charge < -0.3 is 15.0 Å². The van der Waals surface area contributed by atoms with E-state index in [4.69, 9.17) is 5.11 Å². The van der Waals surface area contributed by atoms with Gasteiger partial charge in [-0.3, -0.25) is 14.6 Å². The first kappa shape index (κ1) is 14.2. The Morgan fingerprint density at radius 2 is 2.06 bits per heavy atom. The highest BCUT2D eigenvalue weighted by Gasteiger charge is 2.19. The standard InChI is InChI=1S/C11H17N3O4/c1-7(2)14(4-3-5-15)10(17)8-6-9(16)13-11(18)12-8/h6-7,15H,3-5H2,1-2H3,(H2,12,13,16,18). The molecule has 0 atom stereocenters. The first-order valence-electron chi connectivity index (χ1n) is 5.71. The molecule has 0 aliphatic heterocycles. The second-order valence-electron chi connectivity index (χ2n) is 4.17. The van der Waals surface area contributed by atoms with Crippen LogP contribution in [0.4, 0.5) is 0 Å². The zero-order valence-corrected chi connectivity index (χ0v) is 10.4. The maximum Gasteiger partial charge on any atom is 0.326 e. The van der Waals surface area contributed by atoms with Crippen LogP contribution >= 0.6 is 0 Å². The van der Waals surface area contributed by atoms with E-state index in [0.717, 1.165) is 6.07 Å². The summed E-state index contributed by atoms with van der Waals surface area (Å²) in [6.45, 7) is 3.98. The molecule has 100 valence electrons. The van der Waals surface area contributed by atoms with Gasteiger partial charge in [0.2, 0.25) is 0 Å². The van der Waals surface area contributed by atoms with E-state index in [0.29, 0.717) is 13.0 Å². The number of aromatic nitrogens is 2. The van der Waals surface area contributed by atoms with Crippen LogP contribution in [0.5, 0.6) is 0 Å².